The number of rotatable bonds is 6. The molecule has 0 aromatic heterocycles. The van der Waals surface area contributed by atoms with Gasteiger partial charge in [-0.05, 0) is 12.0 Å². The number of methoxy groups -OCH3 is 1. The highest BCUT2D eigenvalue weighted by Crippen LogP contribution is 2.26. The van der Waals surface area contributed by atoms with E-state index in [0.29, 0.717) is 13.2 Å². The highest BCUT2D eigenvalue weighted by molar-refractivity contribution is 5.81. The first kappa shape index (κ1) is 14.0. The molecule has 0 radical (unpaired) electrons. The van der Waals surface area contributed by atoms with Crippen molar-refractivity contribution in [2.45, 2.75) is 32.0 Å². The molecule has 2 atom stereocenters. The fourth-order valence-electron chi connectivity index (χ4n) is 2.67. The molecule has 0 saturated carbocycles. The third-order valence-electron chi connectivity index (χ3n) is 3.50. The molecular weight excluding hydrogens is 240 g/mol. The summed E-state index contributed by atoms with van der Waals surface area (Å²) in [5.74, 6) is 0.157. The molecule has 4 heteroatoms. The first-order valence-electron chi connectivity index (χ1n) is 6.86. The topological polar surface area (TPSA) is 41.6 Å². The lowest BCUT2D eigenvalue weighted by Crippen LogP contribution is -2.42. The van der Waals surface area contributed by atoms with E-state index in [9.17, 15) is 4.79 Å². The van der Waals surface area contributed by atoms with E-state index in [1.165, 1.54) is 0 Å². The van der Waals surface area contributed by atoms with Gasteiger partial charge in [0.15, 0.2) is 0 Å². The maximum atomic E-state index is 12.2. The number of carbonyl (C=O) groups excluding carboxylic acids is 1. The normalized spacial score (nSPS) is 20.8. The number of amides is 1. The summed E-state index contributed by atoms with van der Waals surface area (Å²) in [6.45, 7) is 3.13. The first-order chi connectivity index (χ1) is 9.27. The van der Waals surface area contributed by atoms with Crippen molar-refractivity contribution in [1.29, 1.82) is 0 Å². The Hall–Kier alpha value is -1.39. The average Bonchev–Trinajstić information content (AvgIpc) is 2.81. The molecule has 2 rings (SSSR count). The molecule has 104 valence electrons. The molecule has 1 fully saturated rings. The van der Waals surface area contributed by atoms with Crippen molar-refractivity contribution >= 4 is 5.91 Å². The molecular formula is C15H22N2O2. The van der Waals surface area contributed by atoms with Crippen LogP contribution in [0.3, 0.4) is 0 Å². The number of hydrogen-bond acceptors (Lipinski definition) is 3. The fraction of sp³-hybridized carbons (Fsp3) is 0.533. The van der Waals surface area contributed by atoms with Crippen molar-refractivity contribution in [3.63, 3.8) is 0 Å². The molecule has 19 heavy (non-hydrogen) atoms. The number of carbonyl (C=O) groups is 1. The molecule has 1 aliphatic heterocycles. The number of nitrogens with zero attached hydrogens (tertiary/aromatic N) is 1. The summed E-state index contributed by atoms with van der Waals surface area (Å²) in [5, 5.41) is 3.29. The van der Waals surface area contributed by atoms with Crippen LogP contribution in [0, 0.1) is 0 Å². The van der Waals surface area contributed by atoms with Crippen molar-refractivity contribution < 1.29 is 9.53 Å². The second-order valence-corrected chi connectivity index (χ2v) is 4.89. The zero-order chi connectivity index (χ0) is 13.7. The van der Waals surface area contributed by atoms with Gasteiger partial charge in [0.2, 0.25) is 5.91 Å². The lowest BCUT2D eigenvalue weighted by molar-refractivity contribution is -0.131. The van der Waals surface area contributed by atoms with E-state index in [1.54, 1.807) is 7.11 Å². The Balaban J connectivity index is 2.21. The van der Waals surface area contributed by atoms with Crippen molar-refractivity contribution in [3.05, 3.63) is 35.9 Å². The Morgan fingerprint density at radius 3 is 2.79 bits per heavy atom. The summed E-state index contributed by atoms with van der Waals surface area (Å²) >= 11 is 0. The highest BCUT2D eigenvalue weighted by atomic mass is 16.5. The SMILES string of the molecule is CCCC(COC)N1C(=O)CNC1c1ccccc1. The number of hydrogen-bond donors (Lipinski definition) is 1. The van der Waals surface area contributed by atoms with Crippen LogP contribution < -0.4 is 5.32 Å². The van der Waals surface area contributed by atoms with E-state index in [4.69, 9.17) is 4.74 Å². The second kappa shape index (κ2) is 6.68. The van der Waals surface area contributed by atoms with Gasteiger partial charge in [0.05, 0.1) is 19.2 Å². The minimum Gasteiger partial charge on any atom is -0.383 e. The maximum Gasteiger partial charge on any atom is 0.238 e. The van der Waals surface area contributed by atoms with Gasteiger partial charge >= 0.3 is 0 Å². The molecule has 1 aliphatic rings. The van der Waals surface area contributed by atoms with Crippen LogP contribution in [0.15, 0.2) is 30.3 Å². The third kappa shape index (κ3) is 3.14. The Bertz CT molecular complexity index is 402. The Labute approximate surface area is 114 Å². The fourth-order valence-corrected chi connectivity index (χ4v) is 2.67. The zero-order valence-electron chi connectivity index (χ0n) is 11.6. The Morgan fingerprint density at radius 1 is 1.42 bits per heavy atom. The van der Waals surface area contributed by atoms with Gasteiger partial charge in [-0.25, -0.2) is 0 Å². The van der Waals surface area contributed by atoms with Crippen molar-refractivity contribution in [1.82, 2.24) is 10.2 Å². The largest absolute Gasteiger partial charge is 0.383 e. The standard InChI is InChI=1S/C15H22N2O2/c1-3-7-13(11-19-2)17-14(18)10-16-15(17)12-8-5-4-6-9-12/h4-6,8-9,13,15-16H,3,7,10-11H2,1-2H3. The Morgan fingerprint density at radius 2 is 2.16 bits per heavy atom. The first-order valence-corrected chi connectivity index (χ1v) is 6.86. The minimum atomic E-state index is -0.0274. The predicted octanol–water partition coefficient (Wildman–Crippen LogP) is 1.93. The summed E-state index contributed by atoms with van der Waals surface area (Å²) in [6, 6.07) is 10.2. The summed E-state index contributed by atoms with van der Waals surface area (Å²) in [6.07, 6.45) is 1.98. The van der Waals surface area contributed by atoms with Gasteiger partial charge in [0.1, 0.15) is 6.17 Å². The molecule has 1 saturated heterocycles. The predicted molar refractivity (Wildman–Crippen MR) is 74.6 cm³/mol. The number of ether oxygens (including phenoxy) is 1. The molecule has 4 nitrogen and oxygen atoms in total. The summed E-state index contributed by atoms with van der Waals surface area (Å²) in [5.41, 5.74) is 1.13. The molecule has 1 amide bonds. The smallest absolute Gasteiger partial charge is 0.238 e. The molecule has 2 unspecified atom stereocenters. The van der Waals surface area contributed by atoms with Crippen LogP contribution in [0.1, 0.15) is 31.5 Å². The molecule has 1 heterocycles. The highest BCUT2D eigenvalue weighted by Gasteiger charge is 2.36. The lowest BCUT2D eigenvalue weighted by atomic mass is 10.1. The third-order valence-corrected chi connectivity index (χ3v) is 3.50. The van der Waals surface area contributed by atoms with E-state index in [1.807, 2.05) is 23.1 Å². The van der Waals surface area contributed by atoms with Gasteiger partial charge in [-0.1, -0.05) is 43.7 Å². The van der Waals surface area contributed by atoms with E-state index >= 15 is 0 Å². The number of nitrogens with one attached hydrogen (secondary N) is 1. The summed E-state index contributed by atoms with van der Waals surface area (Å²) < 4.78 is 5.28. The quantitative estimate of drug-likeness (QED) is 0.851. The van der Waals surface area contributed by atoms with E-state index in [-0.39, 0.29) is 18.1 Å². The van der Waals surface area contributed by atoms with Gasteiger partial charge in [0.25, 0.3) is 0 Å². The van der Waals surface area contributed by atoms with Crippen LogP contribution in [0.4, 0.5) is 0 Å². The Kier molecular flexibility index (Phi) is 4.93. The maximum absolute atomic E-state index is 12.2. The van der Waals surface area contributed by atoms with E-state index < -0.39 is 0 Å². The summed E-state index contributed by atoms with van der Waals surface area (Å²) in [7, 11) is 1.69. The van der Waals surface area contributed by atoms with Gasteiger partial charge in [-0.3, -0.25) is 10.1 Å². The second-order valence-electron chi connectivity index (χ2n) is 4.89. The molecule has 0 bridgehead atoms. The van der Waals surface area contributed by atoms with Crippen LogP contribution in [-0.2, 0) is 9.53 Å². The van der Waals surface area contributed by atoms with Crippen LogP contribution >= 0.6 is 0 Å². The lowest BCUT2D eigenvalue weighted by Gasteiger charge is -2.32. The van der Waals surface area contributed by atoms with Crippen LogP contribution in [0.25, 0.3) is 0 Å². The van der Waals surface area contributed by atoms with Crippen molar-refractivity contribution in [3.8, 4) is 0 Å². The molecule has 1 aromatic rings. The molecule has 0 spiro atoms. The van der Waals surface area contributed by atoms with E-state index in [2.05, 4.69) is 24.4 Å². The van der Waals surface area contributed by atoms with Gasteiger partial charge in [-0.2, -0.15) is 0 Å². The van der Waals surface area contributed by atoms with Gasteiger partial charge < -0.3 is 9.64 Å². The molecule has 1 N–H and O–H groups in total. The average molecular weight is 262 g/mol. The van der Waals surface area contributed by atoms with Crippen molar-refractivity contribution in [2.75, 3.05) is 20.3 Å². The zero-order valence-corrected chi connectivity index (χ0v) is 11.6. The minimum absolute atomic E-state index is 0.0274. The molecule has 1 aromatic carbocycles. The van der Waals surface area contributed by atoms with Crippen LogP contribution in [0.2, 0.25) is 0 Å². The van der Waals surface area contributed by atoms with Crippen LogP contribution in [-0.4, -0.2) is 37.1 Å². The van der Waals surface area contributed by atoms with Crippen LogP contribution in [0.5, 0.6) is 0 Å². The summed E-state index contributed by atoms with van der Waals surface area (Å²) in [4.78, 5) is 14.1. The monoisotopic (exact) mass is 262 g/mol. The van der Waals surface area contributed by atoms with Crippen molar-refractivity contribution in [2.24, 2.45) is 0 Å². The van der Waals surface area contributed by atoms with Gasteiger partial charge in [-0.15, -0.1) is 0 Å². The molecule has 0 aliphatic carbocycles. The van der Waals surface area contributed by atoms with Gasteiger partial charge in [0, 0.05) is 7.11 Å². The number of benzene rings is 1. The van der Waals surface area contributed by atoms with E-state index in [0.717, 1.165) is 18.4 Å².